The Labute approximate surface area is 127 Å². The summed E-state index contributed by atoms with van der Waals surface area (Å²) in [6.07, 6.45) is 8.98. The Morgan fingerprint density at radius 1 is 1.19 bits per heavy atom. The zero-order chi connectivity index (χ0) is 15.1. The molecule has 3 rings (SSSR count). The van der Waals surface area contributed by atoms with E-state index in [2.05, 4.69) is 0 Å². The highest BCUT2D eigenvalue weighted by atomic mass is 32.2. The van der Waals surface area contributed by atoms with Gasteiger partial charge in [0.15, 0.2) is 9.84 Å². The molecule has 3 nitrogen and oxygen atoms in total. The third-order valence-electron chi connectivity index (χ3n) is 5.21. The van der Waals surface area contributed by atoms with Gasteiger partial charge in [0.05, 0.1) is 11.5 Å². The fourth-order valence-electron chi connectivity index (χ4n) is 3.81. The maximum atomic E-state index is 12.2. The highest BCUT2D eigenvalue weighted by Gasteiger charge is 2.46. The zero-order valence-electron chi connectivity index (χ0n) is 12.6. The van der Waals surface area contributed by atoms with Crippen molar-refractivity contribution in [2.45, 2.75) is 61.2 Å². The lowest BCUT2D eigenvalue weighted by molar-refractivity contribution is 0.253. The van der Waals surface area contributed by atoms with E-state index in [1.165, 1.54) is 25.5 Å². The van der Waals surface area contributed by atoms with E-state index in [1.807, 2.05) is 12.1 Å². The summed E-state index contributed by atoms with van der Waals surface area (Å²) < 4.78 is 24.4. The number of sulfone groups is 1. The standard InChI is InChI=1S/C17H24O3S/c1-21(19,20)15-9-5-8-14(17(12-18)10-11-17)16(15)13-6-3-2-4-7-13/h5,8-9,13,18H,2-4,6-7,10-12H2,1H3. The molecule has 0 saturated heterocycles. The monoisotopic (exact) mass is 308 g/mol. The van der Waals surface area contributed by atoms with Crippen molar-refractivity contribution in [1.29, 1.82) is 0 Å². The topological polar surface area (TPSA) is 54.4 Å². The van der Waals surface area contributed by atoms with Gasteiger partial charge in [-0.15, -0.1) is 0 Å². The predicted molar refractivity (Wildman–Crippen MR) is 83.4 cm³/mol. The highest BCUT2D eigenvalue weighted by Crippen LogP contribution is 2.52. The average molecular weight is 308 g/mol. The van der Waals surface area contributed by atoms with Crippen LogP contribution in [0.4, 0.5) is 0 Å². The first kappa shape index (κ1) is 15.0. The van der Waals surface area contributed by atoms with Crippen LogP contribution in [0.3, 0.4) is 0 Å². The molecule has 0 spiro atoms. The van der Waals surface area contributed by atoms with E-state index in [0.29, 0.717) is 10.8 Å². The molecule has 0 atom stereocenters. The molecule has 0 amide bonds. The molecule has 1 aromatic carbocycles. The van der Waals surface area contributed by atoms with E-state index in [-0.39, 0.29) is 12.0 Å². The van der Waals surface area contributed by atoms with Crippen LogP contribution < -0.4 is 0 Å². The molecule has 21 heavy (non-hydrogen) atoms. The Hall–Kier alpha value is -0.870. The van der Waals surface area contributed by atoms with Crippen LogP contribution in [-0.2, 0) is 15.3 Å². The van der Waals surface area contributed by atoms with Gasteiger partial charge in [0.1, 0.15) is 0 Å². The highest BCUT2D eigenvalue weighted by molar-refractivity contribution is 7.90. The molecule has 2 aliphatic rings. The zero-order valence-corrected chi connectivity index (χ0v) is 13.5. The first-order chi connectivity index (χ1) is 9.98. The molecule has 1 aromatic rings. The van der Waals surface area contributed by atoms with Gasteiger partial charge < -0.3 is 5.11 Å². The molecule has 4 heteroatoms. The van der Waals surface area contributed by atoms with E-state index < -0.39 is 9.84 Å². The first-order valence-corrected chi connectivity index (χ1v) is 9.81. The van der Waals surface area contributed by atoms with Crippen molar-refractivity contribution in [2.75, 3.05) is 12.9 Å². The third-order valence-corrected chi connectivity index (χ3v) is 6.36. The van der Waals surface area contributed by atoms with Crippen molar-refractivity contribution >= 4 is 9.84 Å². The van der Waals surface area contributed by atoms with Crippen LogP contribution in [0.1, 0.15) is 62.0 Å². The largest absolute Gasteiger partial charge is 0.395 e. The van der Waals surface area contributed by atoms with Gasteiger partial charge >= 0.3 is 0 Å². The maximum Gasteiger partial charge on any atom is 0.175 e. The molecule has 2 fully saturated rings. The van der Waals surface area contributed by atoms with Crippen LogP contribution in [0.25, 0.3) is 0 Å². The second kappa shape index (κ2) is 5.40. The third kappa shape index (κ3) is 2.76. The molecule has 0 bridgehead atoms. The SMILES string of the molecule is CS(=O)(=O)c1cccc(C2(CO)CC2)c1C1CCCCC1. The van der Waals surface area contributed by atoms with Gasteiger partial charge in [0.2, 0.25) is 0 Å². The van der Waals surface area contributed by atoms with Gasteiger partial charge in [-0.1, -0.05) is 31.4 Å². The van der Waals surface area contributed by atoms with Gasteiger partial charge in [-0.05, 0) is 48.8 Å². The second-order valence-corrected chi connectivity index (χ2v) is 8.75. The molecular weight excluding hydrogens is 284 g/mol. The number of rotatable bonds is 4. The van der Waals surface area contributed by atoms with Gasteiger partial charge in [0.25, 0.3) is 0 Å². The molecule has 0 radical (unpaired) electrons. The molecular formula is C17H24O3S. The number of benzene rings is 1. The summed E-state index contributed by atoms with van der Waals surface area (Å²) in [6.45, 7) is 0.125. The van der Waals surface area contributed by atoms with Crippen molar-refractivity contribution in [3.63, 3.8) is 0 Å². The lowest BCUT2D eigenvalue weighted by Gasteiger charge is -2.29. The summed E-state index contributed by atoms with van der Waals surface area (Å²) in [5.41, 5.74) is 1.94. The summed E-state index contributed by atoms with van der Waals surface area (Å²) in [5.74, 6) is 0.337. The Bertz CT molecular complexity index is 623. The van der Waals surface area contributed by atoms with Crippen molar-refractivity contribution < 1.29 is 13.5 Å². The fraction of sp³-hybridized carbons (Fsp3) is 0.647. The minimum absolute atomic E-state index is 0.125. The summed E-state index contributed by atoms with van der Waals surface area (Å²) >= 11 is 0. The molecule has 0 heterocycles. The average Bonchev–Trinajstić information content (AvgIpc) is 3.27. The second-order valence-electron chi connectivity index (χ2n) is 6.76. The van der Waals surface area contributed by atoms with Crippen LogP contribution >= 0.6 is 0 Å². The van der Waals surface area contributed by atoms with E-state index in [4.69, 9.17) is 0 Å². The quantitative estimate of drug-likeness (QED) is 0.929. The number of hydrogen-bond acceptors (Lipinski definition) is 3. The van der Waals surface area contributed by atoms with E-state index >= 15 is 0 Å². The lowest BCUT2D eigenvalue weighted by atomic mass is 9.78. The Morgan fingerprint density at radius 2 is 1.86 bits per heavy atom. The summed E-state index contributed by atoms with van der Waals surface area (Å²) in [4.78, 5) is 0.492. The normalized spacial score (nSPS) is 22.2. The molecule has 2 saturated carbocycles. The van der Waals surface area contributed by atoms with Crippen LogP contribution in [-0.4, -0.2) is 26.4 Å². The van der Waals surface area contributed by atoms with E-state index in [1.54, 1.807) is 6.07 Å². The van der Waals surface area contributed by atoms with Gasteiger partial charge in [0, 0.05) is 11.7 Å². The predicted octanol–water partition coefficient (Wildman–Crippen LogP) is 3.16. The lowest BCUT2D eigenvalue weighted by Crippen LogP contribution is -2.20. The molecule has 116 valence electrons. The van der Waals surface area contributed by atoms with E-state index in [9.17, 15) is 13.5 Å². The van der Waals surface area contributed by atoms with Crippen LogP contribution in [0.15, 0.2) is 23.1 Å². The smallest absolute Gasteiger partial charge is 0.175 e. The van der Waals surface area contributed by atoms with Crippen molar-refractivity contribution in [3.8, 4) is 0 Å². The maximum absolute atomic E-state index is 12.2. The van der Waals surface area contributed by atoms with Gasteiger partial charge in [-0.25, -0.2) is 8.42 Å². The van der Waals surface area contributed by atoms with Gasteiger partial charge in [-0.2, -0.15) is 0 Å². The Morgan fingerprint density at radius 3 is 2.38 bits per heavy atom. The molecule has 0 aromatic heterocycles. The molecule has 2 aliphatic carbocycles. The first-order valence-electron chi connectivity index (χ1n) is 7.92. The summed E-state index contributed by atoms with van der Waals surface area (Å²) in [6, 6.07) is 5.63. The number of aliphatic hydroxyl groups is 1. The molecule has 0 unspecified atom stereocenters. The Balaban J connectivity index is 2.16. The number of aliphatic hydroxyl groups excluding tert-OH is 1. The van der Waals surface area contributed by atoms with Crippen LogP contribution in [0.2, 0.25) is 0 Å². The number of hydrogen-bond donors (Lipinski definition) is 1. The summed E-state index contributed by atoms with van der Waals surface area (Å²) in [5, 5.41) is 9.78. The minimum atomic E-state index is -3.23. The van der Waals surface area contributed by atoms with Crippen molar-refractivity contribution in [2.24, 2.45) is 0 Å². The molecule has 1 N–H and O–H groups in total. The van der Waals surface area contributed by atoms with Crippen molar-refractivity contribution in [3.05, 3.63) is 29.3 Å². The minimum Gasteiger partial charge on any atom is -0.395 e. The Kier molecular flexibility index (Phi) is 3.87. The fourth-order valence-corrected chi connectivity index (χ4v) is 4.81. The van der Waals surface area contributed by atoms with Crippen LogP contribution in [0, 0.1) is 0 Å². The molecule has 0 aliphatic heterocycles. The van der Waals surface area contributed by atoms with Crippen LogP contribution in [0.5, 0.6) is 0 Å². The summed E-state index contributed by atoms with van der Waals surface area (Å²) in [7, 11) is -3.23. The van der Waals surface area contributed by atoms with Gasteiger partial charge in [-0.3, -0.25) is 0 Å². The van der Waals surface area contributed by atoms with Crippen molar-refractivity contribution in [1.82, 2.24) is 0 Å². The van der Waals surface area contributed by atoms with E-state index in [0.717, 1.165) is 36.8 Å².